The number of hydrogen-bond acceptors (Lipinski definition) is 3. The molecular formula is C9H18N4OS. The maximum atomic E-state index is 7.55. The maximum absolute atomic E-state index is 7.55. The van der Waals surface area contributed by atoms with Crippen molar-refractivity contribution in [3.05, 3.63) is 0 Å². The molecule has 0 aromatic carbocycles. The van der Waals surface area contributed by atoms with Crippen molar-refractivity contribution in [3.8, 4) is 0 Å². The van der Waals surface area contributed by atoms with E-state index in [2.05, 4.69) is 4.99 Å². The second kappa shape index (κ2) is 5.97. The van der Waals surface area contributed by atoms with Crippen molar-refractivity contribution >= 4 is 22.9 Å². The summed E-state index contributed by atoms with van der Waals surface area (Å²) in [5.41, 5.74) is 10.4. The smallest absolute Gasteiger partial charge is 0.193 e. The molecule has 5 N–H and O–H groups in total. The summed E-state index contributed by atoms with van der Waals surface area (Å²) in [6, 6.07) is 0. The Labute approximate surface area is 94.2 Å². The van der Waals surface area contributed by atoms with Gasteiger partial charge >= 0.3 is 0 Å². The van der Waals surface area contributed by atoms with Gasteiger partial charge in [-0.05, 0) is 25.7 Å². The zero-order valence-electron chi connectivity index (χ0n) is 8.90. The number of nitrogens with zero attached hydrogens (tertiary/aromatic N) is 1. The quantitative estimate of drug-likeness (QED) is 0.484. The number of nitrogens with two attached hydrogens (primary N) is 2. The Morgan fingerprint density at radius 3 is 2.80 bits per heavy atom. The summed E-state index contributed by atoms with van der Waals surface area (Å²) < 4.78 is 5.32. The minimum atomic E-state index is -0.0494. The van der Waals surface area contributed by atoms with Crippen molar-refractivity contribution in [2.24, 2.45) is 16.5 Å². The lowest BCUT2D eigenvalue weighted by atomic mass is 9.97. The molecule has 0 aromatic rings. The molecule has 1 fully saturated rings. The SMILES string of the molecule is COC1CCCC(SC(=N)N=C(N)N)C1. The highest BCUT2D eigenvalue weighted by atomic mass is 32.2. The van der Waals surface area contributed by atoms with Gasteiger partial charge in [0.1, 0.15) is 0 Å². The third-order valence-corrected chi connectivity index (χ3v) is 3.50. The second-order valence-electron chi connectivity index (χ2n) is 3.61. The molecule has 0 saturated heterocycles. The minimum Gasteiger partial charge on any atom is -0.381 e. The molecule has 0 spiro atoms. The number of ether oxygens (including phenoxy) is 1. The summed E-state index contributed by atoms with van der Waals surface area (Å²) in [7, 11) is 1.74. The lowest BCUT2D eigenvalue weighted by molar-refractivity contribution is 0.0731. The first-order chi connectivity index (χ1) is 7.11. The Kier molecular flexibility index (Phi) is 4.90. The normalized spacial score (nSPS) is 25.9. The third kappa shape index (κ3) is 4.53. The molecule has 6 heteroatoms. The van der Waals surface area contributed by atoms with E-state index in [0.717, 1.165) is 25.7 Å². The van der Waals surface area contributed by atoms with Crippen molar-refractivity contribution in [1.29, 1.82) is 5.41 Å². The van der Waals surface area contributed by atoms with E-state index in [9.17, 15) is 0 Å². The molecule has 0 amide bonds. The molecule has 0 aromatic heterocycles. The molecule has 0 heterocycles. The first-order valence-corrected chi connectivity index (χ1v) is 5.87. The van der Waals surface area contributed by atoms with Crippen LogP contribution in [0.5, 0.6) is 0 Å². The molecule has 86 valence electrons. The molecule has 15 heavy (non-hydrogen) atoms. The van der Waals surface area contributed by atoms with Gasteiger partial charge in [-0.15, -0.1) is 0 Å². The maximum Gasteiger partial charge on any atom is 0.193 e. The van der Waals surface area contributed by atoms with Gasteiger partial charge in [0.2, 0.25) is 0 Å². The standard InChI is InChI=1S/C9H18N4OS/c1-14-6-3-2-4-7(5-6)15-9(12)13-8(10)11/h6-7H,2-5H2,1H3,(H5,10,11,12,13). The van der Waals surface area contributed by atoms with Gasteiger partial charge in [-0.1, -0.05) is 11.8 Å². The summed E-state index contributed by atoms with van der Waals surface area (Å²) >= 11 is 1.42. The Morgan fingerprint density at radius 1 is 1.47 bits per heavy atom. The van der Waals surface area contributed by atoms with Crippen LogP contribution in [0.3, 0.4) is 0 Å². The second-order valence-corrected chi connectivity index (χ2v) is 4.90. The first-order valence-electron chi connectivity index (χ1n) is 4.99. The van der Waals surface area contributed by atoms with Gasteiger partial charge in [0.25, 0.3) is 0 Å². The van der Waals surface area contributed by atoms with Gasteiger partial charge < -0.3 is 16.2 Å². The van der Waals surface area contributed by atoms with Crippen LogP contribution in [0.25, 0.3) is 0 Å². The van der Waals surface area contributed by atoms with E-state index in [-0.39, 0.29) is 11.1 Å². The van der Waals surface area contributed by atoms with Gasteiger partial charge in [0.05, 0.1) is 6.10 Å². The number of guanidine groups is 1. The summed E-state index contributed by atoms with van der Waals surface area (Å²) in [4.78, 5) is 3.70. The summed E-state index contributed by atoms with van der Waals surface area (Å²) in [5.74, 6) is -0.0494. The number of hydrogen-bond donors (Lipinski definition) is 3. The number of thioether (sulfide) groups is 1. The number of rotatable bonds is 2. The predicted octanol–water partition coefficient (Wildman–Crippen LogP) is 0.885. The zero-order valence-corrected chi connectivity index (χ0v) is 9.72. The molecule has 2 atom stereocenters. The van der Waals surface area contributed by atoms with Gasteiger partial charge in [-0.3, -0.25) is 5.41 Å². The van der Waals surface area contributed by atoms with Crippen LogP contribution in [0.15, 0.2) is 4.99 Å². The molecule has 1 aliphatic carbocycles. The van der Waals surface area contributed by atoms with Crippen molar-refractivity contribution < 1.29 is 4.74 Å². The fraction of sp³-hybridized carbons (Fsp3) is 0.778. The molecule has 1 rings (SSSR count). The lowest BCUT2D eigenvalue weighted by Gasteiger charge is -2.27. The molecular weight excluding hydrogens is 212 g/mol. The Morgan fingerprint density at radius 2 is 2.20 bits per heavy atom. The van der Waals surface area contributed by atoms with Crippen LogP contribution in [0, 0.1) is 5.41 Å². The predicted molar refractivity (Wildman–Crippen MR) is 64.2 cm³/mol. The van der Waals surface area contributed by atoms with E-state index in [1.165, 1.54) is 11.8 Å². The highest BCUT2D eigenvalue weighted by Crippen LogP contribution is 2.30. The molecule has 0 radical (unpaired) electrons. The highest BCUT2D eigenvalue weighted by Gasteiger charge is 2.23. The number of aliphatic imine (C=N–C) groups is 1. The van der Waals surface area contributed by atoms with Crippen LogP contribution in [-0.4, -0.2) is 29.6 Å². The van der Waals surface area contributed by atoms with E-state index in [4.69, 9.17) is 21.6 Å². The lowest BCUT2D eigenvalue weighted by Crippen LogP contribution is -2.26. The topological polar surface area (TPSA) is 97.5 Å². The molecule has 0 bridgehead atoms. The molecule has 2 unspecified atom stereocenters. The van der Waals surface area contributed by atoms with Crippen LogP contribution >= 0.6 is 11.8 Å². The monoisotopic (exact) mass is 230 g/mol. The van der Waals surface area contributed by atoms with Crippen molar-refractivity contribution in [2.75, 3.05) is 7.11 Å². The zero-order chi connectivity index (χ0) is 11.3. The van der Waals surface area contributed by atoms with Gasteiger partial charge in [-0.2, -0.15) is 4.99 Å². The Hall–Kier alpha value is -0.750. The van der Waals surface area contributed by atoms with Crippen molar-refractivity contribution in [2.45, 2.75) is 37.0 Å². The summed E-state index contributed by atoms with van der Waals surface area (Å²) in [5, 5.41) is 8.15. The largest absolute Gasteiger partial charge is 0.381 e. The number of nitrogens with one attached hydrogen (secondary N) is 1. The average Bonchev–Trinajstić information content (AvgIpc) is 2.16. The van der Waals surface area contributed by atoms with E-state index in [1.807, 2.05) is 0 Å². The fourth-order valence-electron chi connectivity index (χ4n) is 1.72. The fourth-order valence-corrected chi connectivity index (χ4v) is 2.79. The van der Waals surface area contributed by atoms with Crippen molar-refractivity contribution in [1.82, 2.24) is 0 Å². The number of amidine groups is 1. The van der Waals surface area contributed by atoms with E-state index >= 15 is 0 Å². The van der Waals surface area contributed by atoms with Gasteiger partial charge in [0, 0.05) is 12.4 Å². The molecule has 1 aliphatic rings. The van der Waals surface area contributed by atoms with Crippen LogP contribution in [0.4, 0.5) is 0 Å². The van der Waals surface area contributed by atoms with Crippen LogP contribution in [-0.2, 0) is 4.74 Å². The highest BCUT2D eigenvalue weighted by molar-refractivity contribution is 8.14. The minimum absolute atomic E-state index is 0.0494. The Bertz CT molecular complexity index is 252. The van der Waals surface area contributed by atoms with E-state index in [0.29, 0.717) is 11.4 Å². The van der Waals surface area contributed by atoms with Crippen LogP contribution < -0.4 is 11.5 Å². The van der Waals surface area contributed by atoms with Crippen LogP contribution in [0.1, 0.15) is 25.7 Å². The van der Waals surface area contributed by atoms with Crippen molar-refractivity contribution in [3.63, 3.8) is 0 Å². The first kappa shape index (κ1) is 12.3. The third-order valence-electron chi connectivity index (χ3n) is 2.42. The van der Waals surface area contributed by atoms with E-state index < -0.39 is 0 Å². The number of methoxy groups -OCH3 is 1. The van der Waals surface area contributed by atoms with Crippen LogP contribution in [0.2, 0.25) is 0 Å². The molecule has 1 saturated carbocycles. The molecule has 5 nitrogen and oxygen atoms in total. The summed E-state index contributed by atoms with van der Waals surface area (Å²) in [6.07, 6.45) is 4.66. The average molecular weight is 230 g/mol. The van der Waals surface area contributed by atoms with E-state index in [1.54, 1.807) is 7.11 Å². The van der Waals surface area contributed by atoms with Gasteiger partial charge in [0.15, 0.2) is 11.1 Å². The van der Waals surface area contributed by atoms with Gasteiger partial charge in [-0.25, -0.2) is 0 Å². The summed E-state index contributed by atoms with van der Waals surface area (Å²) in [6.45, 7) is 0. The molecule has 0 aliphatic heterocycles. The Balaban J connectivity index is 2.38.